The number of aliphatic hydroxyl groups excluding tert-OH is 1. The van der Waals surface area contributed by atoms with E-state index in [-0.39, 0.29) is 6.01 Å². The molecule has 0 aliphatic rings. The van der Waals surface area contributed by atoms with Gasteiger partial charge in [0.1, 0.15) is 11.7 Å². The van der Waals surface area contributed by atoms with E-state index in [1.54, 1.807) is 12.2 Å². The molecule has 1 rings (SSSR count). The number of aliphatic hydroxyl groups is 1. The molecule has 0 saturated carbocycles. The van der Waals surface area contributed by atoms with Gasteiger partial charge in [-0.25, -0.2) is 4.98 Å². The minimum Gasteiger partial charge on any atom is -0.480 e. The van der Waals surface area contributed by atoms with Gasteiger partial charge in [0.2, 0.25) is 5.88 Å². The van der Waals surface area contributed by atoms with Crippen molar-refractivity contribution < 1.29 is 14.6 Å². The maximum Gasteiger partial charge on any atom is 0.319 e. The Labute approximate surface area is 100 Å². The first-order valence-corrected chi connectivity index (χ1v) is 4.98. The van der Waals surface area contributed by atoms with Crippen molar-refractivity contribution in [2.45, 2.75) is 13.0 Å². The third kappa shape index (κ3) is 3.78. The standard InChI is InChI=1S/C12H14N2O3/c1-4-5-10(15)7-6-9-8-13-12(17-3)14-11(9)16-2/h4-5,8,10,15H,1-3H3/b5-4-. The predicted molar refractivity (Wildman–Crippen MR) is 62.8 cm³/mol. The van der Waals surface area contributed by atoms with Crippen molar-refractivity contribution >= 4 is 0 Å². The highest BCUT2D eigenvalue weighted by molar-refractivity contribution is 5.41. The average molecular weight is 234 g/mol. The highest BCUT2D eigenvalue weighted by atomic mass is 16.5. The van der Waals surface area contributed by atoms with Crippen LogP contribution in [-0.2, 0) is 0 Å². The first-order valence-electron chi connectivity index (χ1n) is 4.98. The minimum absolute atomic E-state index is 0.210. The van der Waals surface area contributed by atoms with Gasteiger partial charge in [0.25, 0.3) is 0 Å². The molecule has 0 amide bonds. The van der Waals surface area contributed by atoms with E-state index in [2.05, 4.69) is 21.8 Å². The van der Waals surface area contributed by atoms with Crippen LogP contribution in [0.4, 0.5) is 0 Å². The first-order chi connectivity index (χ1) is 8.21. The summed E-state index contributed by atoms with van der Waals surface area (Å²) in [6.07, 6.45) is 3.97. The summed E-state index contributed by atoms with van der Waals surface area (Å²) in [6, 6.07) is 0.210. The van der Waals surface area contributed by atoms with Crippen molar-refractivity contribution in [3.63, 3.8) is 0 Å². The van der Waals surface area contributed by atoms with Crippen molar-refractivity contribution in [2.24, 2.45) is 0 Å². The van der Waals surface area contributed by atoms with Crippen molar-refractivity contribution in [2.75, 3.05) is 14.2 Å². The zero-order valence-electron chi connectivity index (χ0n) is 9.97. The Hall–Kier alpha value is -2.06. The molecule has 1 atom stereocenters. The lowest BCUT2D eigenvalue weighted by atomic mass is 10.2. The quantitative estimate of drug-likeness (QED) is 0.618. The molecule has 5 nitrogen and oxygen atoms in total. The van der Waals surface area contributed by atoms with Crippen LogP contribution in [0.2, 0.25) is 0 Å². The second kappa shape index (κ2) is 6.51. The zero-order valence-corrected chi connectivity index (χ0v) is 9.97. The molecule has 0 aliphatic heterocycles. The van der Waals surface area contributed by atoms with Crippen molar-refractivity contribution in [3.8, 4) is 23.7 Å². The Balaban J connectivity index is 2.98. The molecule has 17 heavy (non-hydrogen) atoms. The maximum atomic E-state index is 9.41. The monoisotopic (exact) mass is 234 g/mol. The summed E-state index contributed by atoms with van der Waals surface area (Å²) in [4.78, 5) is 7.89. The summed E-state index contributed by atoms with van der Waals surface area (Å²) in [5, 5.41) is 9.41. The summed E-state index contributed by atoms with van der Waals surface area (Å²) in [7, 11) is 2.95. The molecule has 0 fully saturated rings. The molecule has 0 bridgehead atoms. The number of allylic oxidation sites excluding steroid dienone is 1. The Morgan fingerprint density at radius 2 is 2.18 bits per heavy atom. The number of methoxy groups -OCH3 is 2. The van der Waals surface area contributed by atoms with Crippen LogP contribution in [0.25, 0.3) is 0 Å². The van der Waals surface area contributed by atoms with E-state index in [9.17, 15) is 5.11 Å². The molecule has 1 aromatic rings. The summed E-state index contributed by atoms with van der Waals surface area (Å²) in [5.41, 5.74) is 0.497. The summed E-state index contributed by atoms with van der Waals surface area (Å²) in [5.74, 6) is 5.69. The van der Waals surface area contributed by atoms with Crippen LogP contribution in [0.15, 0.2) is 18.3 Å². The molecule has 1 unspecified atom stereocenters. The zero-order chi connectivity index (χ0) is 12.7. The molecule has 1 N–H and O–H groups in total. The molecular formula is C12H14N2O3. The normalized spacial score (nSPS) is 11.8. The Bertz CT molecular complexity index is 461. The third-order valence-corrected chi connectivity index (χ3v) is 1.84. The Kier molecular flexibility index (Phi) is 4.98. The fraction of sp³-hybridized carbons (Fsp3) is 0.333. The van der Waals surface area contributed by atoms with E-state index < -0.39 is 6.10 Å². The van der Waals surface area contributed by atoms with Crippen LogP contribution in [0, 0.1) is 11.8 Å². The van der Waals surface area contributed by atoms with Gasteiger partial charge in [0, 0.05) is 0 Å². The van der Waals surface area contributed by atoms with Gasteiger partial charge in [-0.2, -0.15) is 4.98 Å². The Morgan fingerprint density at radius 3 is 2.76 bits per heavy atom. The second-order valence-electron chi connectivity index (χ2n) is 3.02. The lowest BCUT2D eigenvalue weighted by molar-refractivity contribution is 0.280. The van der Waals surface area contributed by atoms with Gasteiger partial charge in [-0.15, -0.1) is 0 Å². The van der Waals surface area contributed by atoms with Crippen LogP contribution in [-0.4, -0.2) is 35.4 Å². The van der Waals surface area contributed by atoms with Crippen LogP contribution >= 0.6 is 0 Å². The Morgan fingerprint density at radius 1 is 1.41 bits per heavy atom. The molecule has 0 spiro atoms. The van der Waals surface area contributed by atoms with Gasteiger partial charge in [-0.1, -0.05) is 17.9 Å². The largest absolute Gasteiger partial charge is 0.480 e. The molecule has 0 saturated heterocycles. The molecule has 5 heteroatoms. The lowest BCUT2D eigenvalue weighted by Crippen LogP contribution is -1.99. The van der Waals surface area contributed by atoms with Crippen molar-refractivity contribution in [1.82, 2.24) is 9.97 Å². The number of rotatable bonds is 3. The molecule has 0 aromatic carbocycles. The van der Waals surface area contributed by atoms with Crippen LogP contribution < -0.4 is 9.47 Å². The van der Waals surface area contributed by atoms with E-state index in [0.29, 0.717) is 11.4 Å². The molecular weight excluding hydrogens is 220 g/mol. The van der Waals surface area contributed by atoms with Crippen molar-refractivity contribution in [1.29, 1.82) is 0 Å². The van der Waals surface area contributed by atoms with E-state index in [4.69, 9.17) is 9.47 Å². The lowest BCUT2D eigenvalue weighted by Gasteiger charge is -2.03. The van der Waals surface area contributed by atoms with Crippen LogP contribution in [0.1, 0.15) is 12.5 Å². The van der Waals surface area contributed by atoms with Gasteiger partial charge in [0.15, 0.2) is 0 Å². The molecule has 0 radical (unpaired) electrons. The SMILES string of the molecule is C/C=C\C(O)C#Cc1cnc(OC)nc1OC. The van der Waals surface area contributed by atoms with Crippen molar-refractivity contribution in [3.05, 3.63) is 23.9 Å². The number of aromatic nitrogens is 2. The average Bonchev–Trinajstić information content (AvgIpc) is 2.36. The van der Waals surface area contributed by atoms with E-state index in [1.807, 2.05) is 6.92 Å². The van der Waals surface area contributed by atoms with Gasteiger partial charge in [-0.05, 0) is 13.0 Å². The van der Waals surface area contributed by atoms with Gasteiger partial charge in [-0.3, -0.25) is 0 Å². The van der Waals surface area contributed by atoms with E-state index in [0.717, 1.165) is 0 Å². The number of hydrogen-bond acceptors (Lipinski definition) is 5. The minimum atomic E-state index is -0.813. The fourth-order valence-corrected chi connectivity index (χ4v) is 1.07. The maximum absolute atomic E-state index is 9.41. The second-order valence-corrected chi connectivity index (χ2v) is 3.02. The fourth-order valence-electron chi connectivity index (χ4n) is 1.07. The summed E-state index contributed by atoms with van der Waals surface area (Å²) < 4.78 is 9.91. The number of hydrogen-bond donors (Lipinski definition) is 1. The highest BCUT2D eigenvalue weighted by Gasteiger charge is 2.05. The van der Waals surface area contributed by atoms with Gasteiger partial charge in [0.05, 0.1) is 20.4 Å². The predicted octanol–water partition coefficient (Wildman–Crippen LogP) is 0.782. The number of ether oxygens (including phenoxy) is 2. The smallest absolute Gasteiger partial charge is 0.319 e. The molecule has 1 aromatic heterocycles. The van der Waals surface area contributed by atoms with E-state index >= 15 is 0 Å². The molecule has 1 heterocycles. The van der Waals surface area contributed by atoms with Crippen LogP contribution in [0.3, 0.4) is 0 Å². The summed E-state index contributed by atoms with van der Waals surface area (Å²) in [6.45, 7) is 1.81. The first kappa shape index (κ1) is 13.0. The van der Waals surface area contributed by atoms with Gasteiger partial charge < -0.3 is 14.6 Å². The molecule has 90 valence electrons. The highest BCUT2D eigenvalue weighted by Crippen LogP contribution is 2.15. The molecule has 0 aliphatic carbocycles. The summed E-state index contributed by atoms with van der Waals surface area (Å²) >= 11 is 0. The van der Waals surface area contributed by atoms with E-state index in [1.165, 1.54) is 20.4 Å². The van der Waals surface area contributed by atoms with Gasteiger partial charge >= 0.3 is 6.01 Å². The third-order valence-electron chi connectivity index (χ3n) is 1.84. The number of nitrogens with zero attached hydrogens (tertiary/aromatic N) is 2. The topological polar surface area (TPSA) is 64.5 Å². The van der Waals surface area contributed by atoms with Crippen LogP contribution in [0.5, 0.6) is 11.9 Å².